The van der Waals surface area contributed by atoms with E-state index in [9.17, 15) is 9.59 Å². The highest BCUT2D eigenvalue weighted by Crippen LogP contribution is 2.33. The van der Waals surface area contributed by atoms with Gasteiger partial charge in [-0.2, -0.15) is 0 Å². The number of carbonyl (C=O) groups excluding carboxylic acids is 2. The fourth-order valence-corrected chi connectivity index (χ4v) is 4.32. The number of nitrogens with one attached hydrogen (secondary N) is 2. The van der Waals surface area contributed by atoms with Crippen molar-refractivity contribution in [3.8, 4) is 11.3 Å². The van der Waals surface area contributed by atoms with Crippen LogP contribution in [0.5, 0.6) is 0 Å². The number of aromatic nitrogens is 3. The van der Waals surface area contributed by atoms with Crippen molar-refractivity contribution in [2.75, 3.05) is 11.9 Å². The van der Waals surface area contributed by atoms with Crippen LogP contribution in [0.2, 0.25) is 0 Å². The summed E-state index contributed by atoms with van der Waals surface area (Å²) in [6.45, 7) is 0.639. The number of hydrogen-bond donors (Lipinski definition) is 2. The number of carbonyl (C=O) groups is 2. The van der Waals surface area contributed by atoms with Gasteiger partial charge in [-0.15, -0.1) is 0 Å². The summed E-state index contributed by atoms with van der Waals surface area (Å²) in [4.78, 5) is 40.3. The summed E-state index contributed by atoms with van der Waals surface area (Å²) in [7, 11) is 0. The zero-order valence-corrected chi connectivity index (χ0v) is 17.6. The lowest BCUT2D eigenvalue weighted by molar-refractivity contribution is -0.135. The van der Waals surface area contributed by atoms with Crippen LogP contribution in [-0.2, 0) is 9.59 Å². The summed E-state index contributed by atoms with van der Waals surface area (Å²) in [6, 6.07) is 14.9. The number of rotatable bonds is 5. The third kappa shape index (κ3) is 4.16. The molecule has 2 aliphatic heterocycles. The maximum absolute atomic E-state index is 13.1. The summed E-state index contributed by atoms with van der Waals surface area (Å²) in [5, 5.41) is 6.15. The molecule has 0 aliphatic carbocycles. The maximum atomic E-state index is 13.1. The van der Waals surface area contributed by atoms with E-state index in [1.54, 1.807) is 12.4 Å². The molecule has 2 aromatic heterocycles. The highest BCUT2D eigenvalue weighted by molar-refractivity contribution is 5.91. The number of hydrogen-bond acceptors (Lipinski definition) is 6. The average molecular weight is 428 g/mol. The molecule has 0 radical (unpaired) electrons. The van der Waals surface area contributed by atoms with Gasteiger partial charge in [0.25, 0.3) is 0 Å². The van der Waals surface area contributed by atoms with Crippen LogP contribution in [0.1, 0.15) is 37.5 Å². The number of benzene rings is 1. The zero-order chi connectivity index (χ0) is 21.9. The van der Waals surface area contributed by atoms with E-state index in [1.165, 1.54) is 0 Å². The van der Waals surface area contributed by atoms with E-state index in [1.807, 2.05) is 53.4 Å². The molecule has 2 aliphatic rings. The highest BCUT2D eigenvalue weighted by atomic mass is 16.2. The normalized spacial score (nSPS) is 20.2. The maximum Gasteiger partial charge on any atom is 0.245 e. The van der Waals surface area contributed by atoms with Crippen molar-refractivity contribution in [2.24, 2.45) is 0 Å². The van der Waals surface area contributed by atoms with Gasteiger partial charge in [0.05, 0.1) is 11.7 Å². The smallest absolute Gasteiger partial charge is 0.245 e. The summed E-state index contributed by atoms with van der Waals surface area (Å²) < 4.78 is 0. The van der Waals surface area contributed by atoms with Crippen LogP contribution >= 0.6 is 0 Å². The number of para-hydroxylation sites is 1. The second kappa shape index (κ2) is 8.74. The molecule has 2 amide bonds. The van der Waals surface area contributed by atoms with Crippen molar-refractivity contribution in [2.45, 2.75) is 37.8 Å². The minimum absolute atomic E-state index is 0.0474. The van der Waals surface area contributed by atoms with E-state index in [0.717, 1.165) is 29.8 Å². The molecule has 2 N–H and O–H groups in total. The lowest BCUT2D eigenvalue weighted by Crippen LogP contribution is -2.44. The second-order valence-corrected chi connectivity index (χ2v) is 8.07. The van der Waals surface area contributed by atoms with E-state index in [2.05, 4.69) is 15.6 Å². The SMILES string of the molecule is O=C1CC[C@@H](C(=O)N2CCCC2c2nc(Nc3ccccc3)cc(-c3ccncc3)n2)N1. The van der Waals surface area contributed by atoms with Crippen molar-refractivity contribution in [3.63, 3.8) is 0 Å². The Morgan fingerprint density at radius 1 is 1.06 bits per heavy atom. The Hall–Kier alpha value is -3.81. The molecule has 4 heterocycles. The van der Waals surface area contributed by atoms with Gasteiger partial charge in [0.1, 0.15) is 11.9 Å². The van der Waals surface area contributed by atoms with Gasteiger partial charge < -0.3 is 15.5 Å². The van der Waals surface area contributed by atoms with E-state index in [4.69, 9.17) is 9.97 Å². The first-order valence-corrected chi connectivity index (χ1v) is 10.9. The standard InChI is InChI=1S/C24H24N6O2/c31-22-9-8-18(27-22)24(32)30-14-4-7-20(30)23-28-19(16-10-12-25-13-11-16)15-21(29-23)26-17-5-2-1-3-6-17/h1-3,5-6,10-13,15,18,20H,4,7-9,14H2,(H,27,31)(H,26,28,29)/t18-,20?/m0/s1. The Labute approximate surface area is 186 Å². The molecule has 8 nitrogen and oxygen atoms in total. The van der Waals surface area contributed by atoms with Gasteiger partial charge in [0.15, 0.2) is 5.82 Å². The fourth-order valence-electron chi connectivity index (χ4n) is 4.32. The van der Waals surface area contributed by atoms with Crippen molar-refractivity contribution in [3.05, 3.63) is 66.7 Å². The van der Waals surface area contributed by atoms with Gasteiger partial charge in [-0.05, 0) is 43.5 Å². The molecule has 3 aromatic rings. The number of amides is 2. The molecule has 32 heavy (non-hydrogen) atoms. The summed E-state index contributed by atoms with van der Waals surface area (Å²) >= 11 is 0. The quantitative estimate of drug-likeness (QED) is 0.647. The van der Waals surface area contributed by atoms with E-state index < -0.39 is 6.04 Å². The number of pyridine rings is 1. The van der Waals surface area contributed by atoms with Crippen molar-refractivity contribution in [1.29, 1.82) is 0 Å². The van der Waals surface area contributed by atoms with Crippen LogP contribution in [0.15, 0.2) is 60.9 Å². The molecule has 0 spiro atoms. The monoisotopic (exact) mass is 428 g/mol. The zero-order valence-electron chi connectivity index (χ0n) is 17.6. The Morgan fingerprint density at radius 3 is 2.62 bits per heavy atom. The van der Waals surface area contributed by atoms with Crippen molar-refractivity contribution < 1.29 is 9.59 Å². The van der Waals surface area contributed by atoms with Gasteiger partial charge in [-0.3, -0.25) is 14.6 Å². The third-order valence-corrected chi connectivity index (χ3v) is 5.89. The van der Waals surface area contributed by atoms with Crippen LogP contribution in [0.25, 0.3) is 11.3 Å². The fraction of sp³-hybridized carbons (Fsp3) is 0.292. The summed E-state index contributed by atoms with van der Waals surface area (Å²) in [6.07, 6.45) is 6.07. The molecule has 2 atom stereocenters. The molecule has 2 fully saturated rings. The minimum atomic E-state index is -0.451. The molecule has 8 heteroatoms. The predicted molar refractivity (Wildman–Crippen MR) is 120 cm³/mol. The van der Waals surface area contributed by atoms with Crippen LogP contribution < -0.4 is 10.6 Å². The lowest BCUT2D eigenvalue weighted by Gasteiger charge is -2.27. The molecule has 2 saturated heterocycles. The number of nitrogens with zero attached hydrogens (tertiary/aromatic N) is 4. The molecule has 1 unspecified atom stereocenters. The van der Waals surface area contributed by atoms with Crippen LogP contribution in [0.4, 0.5) is 11.5 Å². The third-order valence-electron chi connectivity index (χ3n) is 5.89. The molecule has 0 bridgehead atoms. The van der Waals surface area contributed by atoms with E-state index in [-0.39, 0.29) is 17.9 Å². The van der Waals surface area contributed by atoms with Crippen molar-refractivity contribution in [1.82, 2.24) is 25.2 Å². The van der Waals surface area contributed by atoms with E-state index >= 15 is 0 Å². The van der Waals surface area contributed by atoms with Crippen LogP contribution in [0.3, 0.4) is 0 Å². The van der Waals surface area contributed by atoms with Crippen molar-refractivity contribution >= 4 is 23.3 Å². The van der Waals surface area contributed by atoms with E-state index in [0.29, 0.717) is 31.0 Å². The molecule has 5 rings (SSSR count). The Kier molecular flexibility index (Phi) is 5.49. The van der Waals surface area contributed by atoms with Crippen LogP contribution in [-0.4, -0.2) is 44.3 Å². The number of likely N-dealkylation sites (tertiary alicyclic amines) is 1. The largest absolute Gasteiger partial charge is 0.344 e. The first kappa shape index (κ1) is 20.1. The molecule has 0 saturated carbocycles. The summed E-state index contributed by atoms with van der Waals surface area (Å²) in [5.41, 5.74) is 2.62. The Morgan fingerprint density at radius 2 is 1.88 bits per heavy atom. The van der Waals surface area contributed by atoms with Gasteiger partial charge >= 0.3 is 0 Å². The number of anilines is 2. The molecule has 162 valence electrons. The van der Waals surface area contributed by atoms with Crippen LogP contribution in [0, 0.1) is 0 Å². The van der Waals surface area contributed by atoms with Gasteiger partial charge in [-0.1, -0.05) is 18.2 Å². The Balaban J connectivity index is 1.49. The van der Waals surface area contributed by atoms with Gasteiger partial charge in [-0.25, -0.2) is 9.97 Å². The highest BCUT2D eigenvalue weighted by Gasteiger charge is 2.38. The first-order chi connectivity index (χ1) is 15.7. The molecule has 1 aromatic carbocycles. The topological polar surface area (TPSA) is 100 Å². The Bertz CT molecular complexity index is 1120. The summed E-state index contributed by atoms with van der Waals surface area (Å²) in [5.74, 6) is 1.16. The van der Waals surface area contributed by atoms with Gasteiger partial charge in [0, 0.05) is 42.7 Å². The van der Waals surface area contributed by atoms with Gasteiger partial charge in [0.2, 0.25) is 11.8 Å². The lowest BCUT2D eigenvalue weighted by atomic mass is 10.1. The predicted octanol–water partition coefficient (Wildman–Crippen LogP) is 3.22. The molecular formula is C24H24N6O2. The first-order valence-electron chi connectivity index (χ1n) is 10.9. The minimum Gasteiger partial charge on any atom is -0.344 e. The molecular weight excluding hydrogens is 404 g/mol. The second-order valence-electron chi connectivity index (χ2n) is 8.07. The average Bonchev–Trinajstić information content (AvgIpc) is 3.49.